The lowest BCUT2D eigenvalue weighted by Crippen LogP contribution is -1.99. The third kappa shape index (κ3) is 2.90. The molecule has 180 valence electrons. The van der Waals surface area contributed by atoms with E-state index in [0.717, 1.165) is 22.4 Å². The average Bonchev–Trinajstić information content (AvgIpc) is 3.00. The van der Waals surface area contributed by atoms with Crippen molar-refractivity contribution in [2.75, 3.05) is 0 Å². The van der Waals surface area contributed by atoms with Crippen molar-refractivity contribution in [3.63, 3.8) is 0 Å². The summed E-state index contributed by atoms with van der Waals surface area (Å²) in [5.74, 6) is 1.87. The minimum atomic E-state index is 0.921. The highest BCUT2D eigenvalue weighted by atomic mass is 16.5. The number of hydrogen-bond acceptors (Lipinski definition) is 1. The van der Waals surface area contributed by atoms with Crippen LogP contribution in [0.5, 0.6) is 11.5 Å². The molecule has 1 nitrogen and oxygen atoms in total. The molecule has 0 saturated heterocycles. The van der Waals surface area contributed by atoms with E-state index in [1.807, 2.05) is 0 Å². The van der Waals surface area contributed by atoms with Gasteiger partial charge in [0.1, 0.15) is 11.5 Å². The van der Waals surface area contributed by atoms with Gasteiger partial charge in [-0.2, -0.15) is 0 Å². The molecule has 1 heterocycles. The van der Waals surface area contributed by atoms with E-state index >= 15 is 0 Å². The lowest BCUT2D eigenvalue weighted by atomic mass is 9.87. The molecule has 0 spiro atoms. The van der Waals surface area contributed by atoms with Gasteiger partial charge in [0.05, 0.1) is 0 Å². The zero-order chi connectivity index (χ0) is 25.5. The Kier molecular flexibility index (Phi) is 4.11. The number of fused-ring (bicyclic) bond motifs is 8. The molecule has 1 aliphatic rings. The van der Waals surface area contributed by atoms with Crippen LogP contribution in [0.25, 0.3) is 76.1 Å². The molecule has 0 bridgehead atoms. The SMILES string of the molecule is c1ccc2cc3c(ccc4cccc(-c5ccc6c7c(cccc57)-c5ccc7ccccc7c5O6)c43)cc2c1. The zero-order valence-corrected chi connectivity index (χ0v) is 21.1. The number of ether oxygens (including phenoxy) is 1. The van der Waals surface area contributed by atoms with E-state index in [1.165, 1.54) is 65.2 Å². The van der Waals surface area contributed by atoms with Crippen molar-refractivity contribution in [3.05, 3.63) is 133 Å². The van der Waals surface area contributed by atoms with Crippen LogP contribution in [0.15, 0.2) is 133 Å². The second-order valence-electron chi connectivity index (χ2n) is 10.5. The van der Waals surface area contributed by atoms with Crippen LogP contribution >= 0.6 is 0 Å². The average molecular weight is 495 g/mol. The zero-order valence-electron chi connectivity index (χ0n) is 21.1. The number of benzene rings is 8. The van der Waals surface area contributed by atoms with Crippen LogP contribution < -0.4 is 4.74 Å². The second kappa shape index (κ2) is 7.69. The summed E-state index contributed by atoms with van der Waals surface area (Å²) in [5.41, 5.74) is 4.86. The summed E-state index contributed by atoms with van der Waals surface area (Å²) in [4.78, 5) is 0. The molecular formula is C38H22O. The van der Waals surface area contributed by atoms with Gasteiger partial charge in [-0.15, -0.1) is 0 Å². The normalized spacial score (nSPS) is 12.3. The molecule has 1 aliphatic heterocycles. The van der Waals surface area contributed by atoms with E-state index in [2.05, 4.69) is 133 Å². The maximum absolute atomic E-state index is 6.66. The Morgan fingerprint density at radius 1 is 0.333 bits per heavy atom. The Morgan fingerprint density at radius 2 is 0.974 bits per heavy atom. The fourth-order valence-corrected chi connectivity index (χ4v) is 6.62. The lowest BCUT2D eigenvalue weighted by molar-refractivity contribution is 0.493. The predicted octanol–water partition coefficient (Wildman–Crippen LogP) is 10.9. The summed E-state index contributed by atoms with van der Waals surface area (Å²) in [5, 5.41) is 12.4. The molecule has 1 heteroatoms. The first-order valence-corrected chi connectivity index (χ1v) is 13.4. The summed E-state index contributed by atoms with van der Waals surface area (Å²) in [6.45, 7) is 0. The molecule has 0 saturated carbocycles. The highest BCUT2D eigenvalue weighted by molar-refractivity contribution is 6.20. The van der Waals surface area contributed by atoms with Gasteiger partial charge in [-0.25, -0.2) is 0 Å². The van der Waals surface area contributed by atoms with Gasteiger partial charge >= 0.3 is 0 Å². The van der Waals surface area contributed by atoms with Gasteiger partial charge in [0.15, 0.2) is 0 Å². The molecular weight excluding hydrogens is 472 g/mol. The lowest BCUT2D eigenvalue weighted by Gasteiger charge is -2.24. The van der Waals surface area contributed by atoms with Crippen LogP contribution in [-0.2, 0) is 0 Å². The van der Waals surface area contributed by atoms with E-state index in [-0.39, 0.29) is 0 Å². The van der Waals surface area contributed by atoms with Crippen LogP contribution in [0.4, 0.5) is 0 Å². The van der Waals surface area contributed by atoms with E-state index in [4.69, 9.17) is 4.74 Å². The van der Waals surface area contributed by atoms with E-state index in [1.54, 1.807) is 0 Å². The van der Waals surface area contributed by atoms with Crippen LogP contribution in [0.2, 0.25) is 0 Å². The van der Waals surface area contributed by atoms with Gasteiger partial charge in [-0.05, 0) is 84.0 Å². The Bertz CT molecular complexity index is 2310. The van der Waals surface area contributed by atoms with Gasteiger partial charge in [0.25, 0.3) is 0 Å². The van der Waals surface area contributed by atoms with Crippen molar-refractivity contribution < 1.29 is 4.74 Å². The fourth-order valence-electron chi connectivity index (χ4n) is 6.62. The van der Waals surface area contributed by atoms with Crippen LogP contribution in [0, 0.1) is 0 Å². The summed E-state index contributed by atoms with van der Waals surface area (Å²) in [6, 6.07) is 48.4. The largest absolute Gasteiger partial charge is 0.455 e. The molecule has 9 rings (SSSR count). The molecule has 0 amide bonds. The van der Waals surface area contributed by atoms with Gasteiger partial charge in [-0.1, -0.05) is 109 Å². The highest BCUT2D eigenvalue weighted by Crippen LogP contribution is 2.51. The third-order valence-corrected chi connectivity index (χ3v) is 8.40. The second-order valence-corrected chi connectivity index (χ2v) is 10.5. The molecule has 8 aromatic carbocycles. The molecule has 0 unspecified atom stereocenters. The van der Waals surface area contributed by atoms with Crippen LogP contribution in [0.3, 0.4) is 0 Å². The minimum Gasteiger partial charge on any atom is -0.455 e. The molecule has 8 aromatic rings. The molecule has 0 fully saturated rings. The summed E-state index contributed by atoms with van der Waals surface area (Å²) in [6.07, 6.45) is 0. The van der Waals surface area contributed by atoms with Crippen molar-refractivity contribution in [2.24, 2.45) is 0 Å². The quantitative estimate of drug-likeness (QED) is 0.163. The molecule has 0 aromatic heterocycles. The predicted molar refractivity (Wildman–Crippen MR) is 165 cm³/mol. The van der Waals surface area contributed by atoms with Crippen molar-refractivity contribution in [3.8, 4) is 33.8 Å². The molecule has 0 aliphatic carbocycles. The van der Waals surface area contributed by atoms with Gasteiger partial charge in [0, 0.05) is 16.3 Å². The molecule has 0 atom stereocenters. The first kappa shape index (κ1) is 20.9. The van der Waals surface area contributed by atoms with Crippen molar-refractivity contribution in [1.29, 1.82) is 0 Å². The minimum absolute atomic E-state index is 0.921. The molecule has 39 heavy (non-hydrogen) atoms. The first-order chi connectivity index (χ1) is 19.3. The van der Waals surface area contributed by atoms with Gasteiger partial charge in [-0.3, -0.25) is 0 Å². The Hall–Kier alpha value is -5.14. The third-order valence-electron chi connectivity index (χ3n) is 8.40. The van der Waals surface area contributed by atoms with E-state index < -0.39 is 0 Å². The maximum atomic E-state index is 6.66. The van der Waals surface area contributed by atoms with Crippen molar-refractivity contribution in [1.82, 2.24) is 0 Å². The maximum Gasteiger partial charge on any atom is 0.143 e. The van der Waals surface area contributed by atoms with E-state index in [0.29, 0.717) is 0 Å². The molecule has 0 N–H and O–H groups in total. The first-order valence-electron chi connectivity index (χ1n) is 13.4. The van der Waals surface area contributed by atoms with E-state index in [9.17, 15) is 0 Å². The Labute approximate surface area is 225 Å². The monoisotopic (exact) mass is 494 g/mol. The summed E-state index contributed by atoms with van der Waals surface area (Å²) < 4.78 is 6.66. The van der Waals surface area contributed by atoms with Crippen LogP contribution in [0.1, 0.15) is 0 Å². The van der Waals surface area contributed by atoms with Crippen molar-refractivity contribution >= 4 is 53.9 Å². The smallest absolute Gasteiger partial charge is 0.143 e. The summed E-state index contributed by atoms with van der Waals surface area (Å²) in [7, 11) is 0. The summed E-state index contributed by atoms with van der Waals surface area (Å²) >= 11 is 0. The number of hydrogen-bond donors (Lipinski definition) is 0. The number of rotatable bonds is 1. The fraction of sp³-hybridized carbons (Fsp3) is 0. The Balaban J connectivity index is 1.36. The van der Waals surface area contributed by atoms with Crippen LogP contribution in [-0.4, -0.2) is 0 Å². The highest BCUT2D eigenvalue weighted by Gasteiger charge is 2.23. The van der Waals surface area contributed by atoms with Crippen molar-refractivity contribution in [2.45, 2.75) is 0 Å². The Morgan fingerprint density at radius 3 is 1.87 bits per heavy atom. The van der Waals surface area contributed by atoms with Gasteiger partial charge < -0.3 is 4.74 Å². The molecule has 0 radical (unpaired) electrons. The standard InChI is InChI=1S/C38H22O/c1-2-9-26-22-34-27(21-25(26)8-1)16-15-24-10-5-12-30(36(24)34)29-19-20-35-37-31(29)13-6-14-32(37)33-18-17-23-7-3-4-11-28(23)38(33)39-35/h1-22H. The van der Waals surface area contributed by atoms with Gasteiger partial charge in [0.2, 0.25) is 0 Å². The topological polar surface area (TPSA) is 9.23 Å².